The number of carbonyl (C=O) groups is 1. The predicted octanol–water partition coefficient (Wildman–Crippen LogP) is 6.58. The summed E-state index contributed by atoms with van der Waals surface area (Å²) >= 11 is 1.48. The topological polar surface area (TPSA) is 89.3 Å². The molecule has 0 radical (unpaired) electrons. The van der Waals surface area contributed by atoms with Crippen LogP contribution in [0.25, 0.3) is 16.1 Å². The molecule has 0 amide bonds. The molecule has 0 bridgehead atoms. The molecule has 0 spiro atoms. The Morgan fingerprint density at radius 3 is 2.67 bits per heavy atom. The van der Waals surface area contributed by atoms with E-state index in [-0.39, 0.29) is 23.0 Å². The number of nitrogens with zero attached hydrogens (tertiary/aromatic N) is 3. The molecule has 11 heteroatoms. The van der Waals surface area contributed by atoms with Crippen molar-refractivity contribution in [2.45, 2.75) is 26.4 Å². The Morgan fingerprint density at radius 1 is 1.19 bits per heavy atom. The van der Waals surface area contributed by atoms with Gasteiger partial charge in [-0.25, -0.2) is 14.5 Å². The highest BCUT2D eigenvalue weighted by Gasteiger charge is 2.28. The van der Waals surface area contributed by atoms with Crippen molar-refractivity contribution in [3.63, 3.8) is 0 Å². The molecule has 4 aromatic rings. The fourth-order valence-corrected chi connectivity index (χ4v) is 4.27. The third kappa shape index (κ3) is 6.22. The first-order chi connectivity index (χ1) is 17.1. The fourth-order valence-electron chi connectivity index (χ4n) is 3.56. The summed E-state index contributed by atoms with van der Waals surface area (Å²) in [6.07, 6.45) is -2.23. The lowest BCUT2D eigenvalue weighted by molar-refractivity contribution is -0.153. The maximum atomic E-state index is 12.6. The molecule has 0 fully saturated rings. The van der Waals surface area contributed by atoms with Gasteiger partial charge in [-0.15, -0.1) is 16.4 Å². The lowest BCUT2D eigenvalue weighted by Crippen LogP contribution is -2.19. The Balaban J connectivity index is 1.66. The zero-order valence-electron chi connectivity index (χ0n) is 19.4. The number of pyridine rings is 1. The van der Waals surface area contributed by atoms with Crippen LogP contribution in [0.5, 0.6) is 5.75 Å². The third-order valence-electron chi connectivity index (χ3n) is 5.04. The Morgan fingerprint density at radius 2 is 2.00 bits per heavy atom. The number of alkyl halides is 3. The Hall–Kier alpha value is -3.86. The highest BCUT2D eigenvalue weighted by Crippen LogP contribution is 2.29. The number of aromatic nitrogens is 3. The first-order valence-corrected chi connectivity index (χ1v) is 11.9. The lowest BCUT2D eigenvalue weighted by atomic mass is 10.1. The number of hydrogen-bond donors (Lipinski definition) is 2. The van der Waals surface area contributed by atoms with E-state index >= 15 is 0 Å². The van der Waals surface area contributed by atoms with Gasteiger partial charge in [-0.2, -0.15) is 13.2 Å². The van der Waals surface area contributed by atoms with Gasteiger partial charge in [-0.1, -0.05) is 26.0 Å². The molecule has 2 N–H and O–H groups in total. The first-order valence-electron chi connectivity index (χ1n) is 11.0. The van der Waals surface area contributed by atoms with Crippen LogP contribution in [0, 0.1) is 5.92 Å². The number of halogens is 3. The van der Waals surface area contributed by atoms with Crippen LogP contribution in [0.3, 0.4) is 0 Å². The molecule has 0 saturated heterocycles. The van der Waals surface area contributed by atoms with Crippen molar-refractivity contribution in [1.82, 2.24) is 14.8 Å². The van der Waals surface area contributed by atoms with Crippen molar-refractivity contribution in [2.75, 3.05) is 11.9 Å². The van der Waals surface area contributed by atoms with Crippen LogP contribution in [0.1, 0.15) is 29.9 Å². The molecular weight excluding hydrogens is 493 g/mol. The van der Waals surface area contributed by atoms with E-state index in [0.717, 1.165) is 10.6 Å². The van der Waals surface area contributed by atoms with E-state index in [2.05, 4.69) is 15.4 Å². The molecule has 36 heavy (non-hydrogen) atoms. The average Bonchev–Trinajstić information content (AvgIpc) is 3.48. The van der Waals surface area contributed by atoms with Crippen LogP contribution in [0.2, 0.25) is 0 Å². The number of carboxylic acids is 1. The van der Waals surface area contributed by atoms with E-state index in [0.29, 0.717) is 23.5 Å². The van der Waals surface area contributed by atoms with Gasteiger partial charge in [-0.05, 0) is 42.0 Å². The molecule has 0 saturated carbocycles. The standard InChI is InChI=1S/C25H23F3N4O3S/c1-15(2)9-18-12-22(31-32(18)17-5-3-6-19(11-17)35-14-25(26,27)28)30-23-20(24(33)34)10-16(13-29-23)21-7-4-8-36-21/h3-8,10-13,15H,9,14H2,1-2H3,(H,33,34)(H,29,30,31). The van der Waals surface area contributed by atoms with Crippen molar-refractivity contribution in [2.24, 2.45) is 5.92 Å². The molecule has 4 rings (SSSR count). The van der Waals surface area contributed by atoms with Gasteiger partial charge in [0.05, 0.1) is 5.69 Å². The number of anilines is 2. The zero-order chi connectivity index (χ0) is 25.9. The van der Waals surface area contributed by atoms with E-state index in [1.165, 1.54) is 23.5 Å². The Labute approximate surface area is 209 Å². The predicted molar refractivity (Wildman–Crippen MR) is 131 cm³/mol. The maximum absolute atomic E-state index is 12.6. The van der Waals surface area contributed by atoms with Gasteiger partial charge in [0.2, 0.25) is 0 Å². The molecule has 0 atom stereocenters. The van der Waals surface area contributed by atoms with Gasteiger partial charge in [0.25, 0.3) is 0 Å². The minimum Gasteiger partial charge on any atom is -0.484 e. The number of thiophene rings is 1. The lowest BCUT2D eigenvalue weighted by Gasteiger charge is -2.12. The van der Waals surface area contributed by atoms with Crippen molar-refractivity contribution >= 4 is 28.9 Å². The normalized spacial score (nSPS) is 11.6. The maximum Gasteiger partial charge on any atom is 0.422 e. The van der Waals surface area contributed by atoms with E-state index < -0.39 is 18.8 Å². The van der Waals surface area contributed by atoms with Crippen molar-refractivity contribution in [3.8, 4) is 21.9 Å². The average molecular weight is 517 g/mol. The van der Waals surface area contributed by atoms with Crippen LogP contribution in [0.4, 0.5) is 24.8 Å². The van der Waals surface area contributed by atoms with Crippen LogP contribution >= 0.6 is 11.3 Å². The van der Waals surface area contributed by atoms with Gasteiger partial charge in [0, 0.05) is 34.5 Å². The van der Waals surface area contributed by atoms with E-state index in [9.17, 15) is 23.1 Å². The Bertz CT molecular complexity index is 1350. The molecule has 0 unspecified atom stereocenters. The summed E-state index contributed by atoms with van der Waals surface area (Å²) in [5.74, 6) is -0.336. The summed E-state index contributed by atoms with van der Waals surface area (Å²) in [6.45, 7) is 2.66. The summed E-state index contributed by atoms with van der Waals surface area (Å²) in [5.41, 5.74) is 1.98. The monoisotopic (exact) mass is 516 g/mol. The second-order valence-electron chi connectivity index (χ2n) is 8.46. The molecule has 188 valence electrons. The summed E-state index contributed by atoms with van der Waals surface area (Å²) in [4.78, 5) is 17.2. The first kappa shape index (κ1) is 25.2. The summed E-state index contributed by atoms with van der Waals surface area (Å²) in [7, 11) is 0. The van der Waals surface area contributed by atoms with Crippen LogP contribution < -0.4 is 10.1 Å². The molecule has 0 aliphatic carbocycles. The zero-order valence-corrected chi connectivity index (χ0v) is 20.2. The number of benzene rings is 1. The third-order valence-corrected chi connectivity index (χ3v) is 5.95. The number of carboxylic acid groups (broad SMARTS) is 1. The van der Waals surface area contributed by atoms with Gasteiger partial charge in [0.1, 0.15) is 17.1 Å². The molecule has 3 heterocycles. The second-order valence-corrected chi connectivity index (χ2v) is 9.41. The van der Waals surface area contributed by atoms with E-state index in [1.54, 1.807) is 35.1 Å². The van der Waals surface area contributed by atoms with Gasteiger partial charge in [-0.3, -0.25) is 0 Å². The quantitative estimate of drug-likeness (QED) is 0.261. The second kappa shape index (κ2) is 10.4. The summed E-state index contributed by atoms with van der Waals surface area (Å²) < 4.78 is 44.2. The molecule has 1 aromatic carbocycles. The van der Waals surface area contributed by atoms with Crippen LogP contribution in [0.15, 0.2) is 60.1 Å². The highest BCUT2D eigenvalue weighted by molar-refractivity contribution is 7.13. The minimum absolute atomic E-state index is 0.0107. The molecule has 3 aromatic heterocycles. The van der Waals surface area contributed by atoms with Crippen molar-refractivity contribution in [3.05, 3.63) is 71.4 Å². The number of hydrogen-bond acceptors (Lipinski definition) is 6. The number of rotatable bonds is 9. The summed E-state index contributed by atoms with van der Waals surface area (Å²) in [6, 6.07) is 13.3. The van der Waals surface area contributed by atoms with Crippen molar-refractivity contribution < 1.29 is 27.8 Å². The molecule has 7 nitrogen and oxygen atoms in total. The summed E-state index contributed by atoms with van der Waals surface area (Å²) in [5, 5.41) is 19.2. The molecule has 0 aliphatic heterocycles. The number of nitrogens with one attached hydrogen (secondary N) is 1. The van der Waals surface area contributed by atoms with Gasteiger partial charge < -0.3 is 15.2 Å². The number of aromatic carboxylic acids is 1. The fraction of sp³-hybridized carbons (Fsp3) is 0.240. The number of ether oxygens (including phenoxy) is 1. The van der Waals surface area contributed by atoms with Crippen LogP contribution in [-0.2, 0) is 6.42 Å². The van der Waals surface area contributed by atoms with E-state index in [1.807, 2.05) is 31.4 Å². The molecular formula is C25H23F3N4O3S. The van der Waals surface area contributed by atoms with Crippen LogP contribution in [-0.4, -0.2) is 38.6 Å². The van der Waals surface area contributed by atoms with Gasteiger partial charge in [0.15, 0.2) is 12.4 Å². The Kier molecular flexibility index (Phi) is 7.30. The van der Waals surface area contributed by atoms with Gasteiger partial charge >= 0.3 is 12.1 Å². The minimum atomic E-state index is -4.45. The van der Waals surface area contributed by atoms with E-state index in [4.69, 9.17) is 4.74 Å². The highest BCUT2D eigenvalue weighted by atomic mass is 32.1. The van der Waals surface area contributed by atoms with Crippen molar-refractivity contribution in [1.29, 1.82) is 0 Å². The molecule has 0 aliphatic rings. The largest absolute Gasteiger partial charge is 0.484 e. The smallest absolute Gasteiger partial charge is 0.422 e. The SMILES string of the molecule is CC(C)Cc1cc(Nc2ncc(-c3cccs3)cc2C(=O)O)nn1-c1cccc(OCC(F)(F)F)c1.